The summed E-state index contributed by atoms with van der Waals surface area (Å²) in [4.78, 5) is 32.1. The number of benzene rings is 1. The molecule has 10 nitrogen and oxygen atoms in total. The Kier molecular flexibility index (Phi) is 9.14. The maximum Gasteiger partial charge on any atom is 0.247 e. The lowest BCUT2D eigenvalue weighted by Crippen LogP contribution is -2.51. The number of likely N-dealkylation sites (N-methyl/N-ethyl adjacent to an activating group) is 1. The Hall–Kier alpha value is -3.60. The molecule has 0 saturated heterocycles. The van der Waals surface area contributed by atoms with Gasteiger partial charge in [-0.15, -0.1) is 10.2 Å². The predicted molar refractivity (Wildman–Crippen MR) is 137 cm³/mol. The van der Waals surface area contributed by atoms with Gasteiger partial charge in [-0.3, -0.25) is 9.59 Å². The van der Waals surface area contributed by atoms with Crippen LogP contribution in [0.15, 0.2) is 40.8 Å². The summed E-state index contributed by atoms with van der Waals surface area (Å²) < 4.78 is 19.3. The molecule has 2 heterocycles. The van der Waals surface area contributed by atoms with Crippen molar-refractivity contribution >= 4 is 11.8 Å². The Morgan fingerprint density at radius 1 is 1.08 bits per heavy atom. The summed E-state index contributed by atoms with van der Waals surface area (Å²) in [5.74, 6) is 0.263. The first-order valence-corrected chi connectivity index (χ1v) is 12.4. The summed E-state index contributed by atoms with van der Waals surface area (Å²) in [7, 11) is 0. The summed E-state index contributed by atoms with van der Waals surface area (Å²) in [6.07, 6.45) is 0. The van der Waals surface area contributed by atoms with Gasteiger partial charge >= 0.3 is 0 Å². The van der Waals surface area contributed by atoms with Crippen molar-refractivity contribution in [1.29, 1.82) is 0 Å². The number of amides is 2. The summed E-state index contributed by atoms with van der Waals surface area (Å²) in [6, 6.07) is 8.19. The van der Waals surface area contributed by atoms with Crippen LogP contribution in [0.3, 0.4) is 0 Å². The van der Waals surface area contributed by atoms with Crippen LogP contribution in [-0.4, -0.2) is 73.5 Å². The minimum Gasteiger partial charge on any atom is -0.458 e. The van der Waals surface area contributed by atoms with Crippen LogP contribution in [0.5, 0.6) is 0 Å². The van der Waals surface area contributed by atoms with Crippen molar-refractivity contribution in [2.75, 3.05) is 26.2 Å². The molecule has 0 saturated carbocycles. The average molecular weight is 514 g/mol. The van der Waals surface area contributed by atoms with Gasteiger partial charge in [0.15, 0.2) is 5.76 Å². The monoisotopic (exact) mass is 513 g/mol. The fourth-order valence-electron chi connectivity index (χ4n) is 3.92. The predicted octanol–water partition coefficient (Wildman–Crippen LogP) is 3.21. The van der Waals surface area contributed by atoms with E-state index in [0.717, 1.165) is 13.1 Å². The molecule has 3 rings (SSSR count). The topological polar surface area (TPSA) is 109 Å². The molecule has 2 aromatic heterocycles. The highest BCUT2D eigenvalue weighted by atomic mass is 19.1. The zero-order valence-corrected chi connectivity index (χ0v) is 22.4. The van der Waals surface area contributed by atoms with E-state index in [4.69, 9.17) is 4.42 Å². The zero-order valence-electron chi connectivity index (χ0n) is 22.4. The zero-order chi connectivity index (χ0) is 27.2. The van der Waals surface area contributed by atoms with Crippen molar-refractivity contribution in [1.82, 2.24) is 35.3 Å². The van der Waals surface area contributed by atoms with Crippen LogP contribution >= 0.6 is 0 Å². The van der Waals surface area contributed by atoms with Crippen molar-refractivity contribution in [3.63, 3.8) is 0 Å². The molecule has 11 heteroatoms. The molecular weight excluding hydrogens is 477 g/mol. The molecule has 0 aliphatic heterocycles. The standard InChI is InChI=1S/C26H36FN7O3/c1-7-32(8-2)15-16-33(22(35)17-34-30-24(29-31-34)21-14-9-18(3)37-21)23(25(36)28-26(4,5)6)19-10-12-20(27)13-11-19/h9-14,23H,7-8,15-17H2,1-6H3,(H,28,36)/t23-/m0/s1. The van der Waals surface area contributed by atoms with Crippen LogP contribution in [0.1, 0.15) is 52.0 Å². The lowest BCUT2D eigenvalue weighted by Gasteiger charge is -2.35. The lowest BCUT2D eigenvalue weighted by atomic mass is 10.0. The average Bonchev–Trinajstić information content (AvgIpc) is 3.47. The molecule has 0 spiro atoms. The number of aromatic nitrogens is 4. The van der Waals surface area contributed by atoms with E-state index in [-0.39, 0.29) is 30.7 Å². The number of nitrogens with zero attached hydrogens (tertiary/aromatic N) is 6. The molecule has 200 valence electrons. The number of rotatable bonds is 11. The summed E-state index contributed by atoms with van der Waals surface area (Å²) in [6.45, 7) is 13.7. The van der Waals surface area contributed by atoms with Gasteiger partial charge in [0.2, 0.25) is 17.6 Å². The van der Waals surface area contributed by atoms with Crippen molar-refractivity contribution in [3.05, 3.63) is 53.5 Å². The van der Waals surface area contributed by atoms with Crippen molar-refractivity contribution in [2.45, 2.75) is 59.7 Å². The normalized spacial score (nSPS) is 12.5. The summed E-state index contributed by atoms with van der Waals surface area (Å²) in [5, 5.41) is 15.3. The number of hydrogen-bond donors (Lipinski definition) is 1. The van der Waals surface area contributed by atoms with E-state index in [1.165, 1.54) is 34.0 Å². The van der Waals surface area contributed by atoms with Gasteiger partial charge in [0.05, 0.1) is 0 Å². The van der Waals surface area contributed by atoms with Crippen molar-refractivity contribution < 1.29 is 18.4 Å². The Labute approximate surface area is 216 Å². The first-order chi connectivity index (χ1) is 17.5. The van der Waals surface area contributed by atoms with Crippen LogP contribution in [0, 0.1) is 12.7 Å². The van der Waals surface area contributed by atoms with Crippen LogP contribution in [0.4, 0.5) is 4.39 Å². The first kappa shape index (κ1) is 28.0. The summed E-state index contributed by atoms with van der Waals surface area (Å²) >= 11 is 0. The van der Waals surface area contributed by atoms with Gasteiger partial charge in [0.1, 0.15) is 24.2 Å². The number of carbonyl (C=O) groups is 2. The molecule has 2 amide bonds. The number of nitrogens with one attached hydrogen (secondary N) is 1. The second kappa shape index (κ2) is 12.1. The van der Waals surface area contributed by atoms with Gasteiger partial charge in [-0.1, -0.05) is 26.0 Å². The van der Waals surface area contributed by atoms with Crippen LogP contribution < -0.4 is 5.32 Å². The Bertz CT molecular complexity index is 1180. The maximum atomic E-state index is 13.7. The highest BCUT2D eigenvalue weighted by Gasteiger charge is 2.33. The van der Waals surface area contributed by atoms with Crippen LogP contribution in [0.25, 0.3) is 11.6 Å². The van der Waals surface area contributed by atoms with Gasteiger partial charge < -0.3 is 19.5 Å². The first-order valence-electron chi connectivity index (χ1n) is 12.4. The number of tetrazole rings is 1. The molecule has 0 bridgehead atoms. The molecule has 0 radical (unpaired) electrons. The number of carbonyl (C=O) groups excluding carboxylic acids is 2. The third-order valence-electron chi connectivity index (χ3n) is 5.81. The fourth-order valence-corrected chi connectivity index (χ4v) is 3.92. The quantitative estimate of drug-likeness (QED) is 0.419. The summed E-state index contributed by atoms with van der Waals surface area (Å²) in [5.41, 5.74) is -0.0266. The second-order valence-corrected chi connectivity index (χ2v) is 9.86. The highest BCUT2D eigenvalue weighted by Crippen LogP contribution is 2.24. The third kappa shape index (κ3) is 7.69. The Morgan fingerprint density at radius 2 is 1.76 bits per heavy atom. The molecule has 0 fully saturated rings. The highest BCUT2D eigenvalue weighted by molar-refractivity contribution is 5.89. The molecule has 1 aromatic carbocycles. The molecule has 0 aliphatic carbocycles. The molecule has 1 N–H and O–H groups in total. The molecular formula is C26H36FN7O3. The smallest absolute Gasteiger partial charge is 0.247 e. The Balaban J connectivity index is 1.94. The number of furan rings is 1. The third-order valence-corrected chi connectivity index (χ3v) is 5.81. The van der Waals surface area contributed by atoms with Crippen LogP contribution in [0.2, 0.25) is 0 Å². The van der Waals surface area contributed by atoms with Gasteiger partial charge in [0.25, 0.3) is 0 Å². The lowest BCUT2D eigenvalue weighted by molar-refractivity contribution is -0.142. The van der Waals surface area contributed by atoms with Crippen LogP contribution in [-0.2, 0) is 16.1 Å². The van der Waals surface area contributed by atoms with E-state index in [1.807, 2.05) is 41.5 Å². The number of aryl methyl sites for hydroxylation is 1. The van der Waals surface area contributed by atoms with Crippen molar-refractivity contribution in [2.24, 2.45) is 0 Å². The van der Waals surface area contributed by atoms with Gasteiger partial charge in [-0.05, 0) is 75.8 Å². The maximum absolute atomic E-state index is 13.7. The minimum absolute atomic E-state index is 0.231. The van der Waals surface area contributed by atoms with Gasteiger partial charge in [-0.2, -0.15) is 4.80 Å². The van der Waals surface area contributed by atoms with Gasteiger partial charge in [-0.25, -0.2) is 4.39 Å². The Morgan fingerprint density at radius 3 is 2.32 bits per heavy atom. The molecule has 3 aromatic rings. The number of halogens is 1. The molecule has 1 atom stereocenters. The van der Waals surface area contributed by atoms with Gasteiger partial charge in [0, 0.05) is 18.6 Å². The molecule has 0 aliphatic rings. The van der Waals surface area contributed by atoms with E-state index in [1.54, 1.807) is 12.1 Å². The van der Waals surface area contributed by atoms with E-state index >= 15 is 0 Å². The molecule has 37 heavy (non-hydrogen) atoms. The van der Waals surface area contributed by atoms with E-state index < -0.39 is 17.4 Å². The minimum atomic E-state index is -0.974. The van der Waals surface area contributed by atoms with Crippen molar-refractivity contribution in [3.8, 4) is 11.6 Å². The SMILES string of the molecule is CCN(CC)CCN(C(=O)Cn1nnc(-c2ccc(C)o2)n1)[C@H](C(=O)NC(C)(C)C)c1ccc(F)cc1. The largest absolute Gasteiger partial charge is 0.458 e. The second-order valence-electron chi connectivity index (χ2n) is 9.86. The molecule has 0 unspecified atom stereocenters. The van der Waals surface area contributed by atoms with E-state index in [2.05, 4.69) is 25.6 Å². The van der Waals surface area contributed by atoms with E-state index in [0.29, 0.717) is 23.6 Å². The van der Waals surface area contributed by atoms with E-state index in [9.17, 15) is 14.0 Å². The fraction of sp³-hybridized carbons (Fsp3) is 0.500. The number of hydrogen-bond acceptors (Lipinski definition) is 7.